The number of nitrogens with zero attached hydrogens (tertiary/aromatic N) is 3. The summed E-state index contributed by atoms with van der Waals surface area (Å²) in [5.74, 6) is 2.05. The van der Waals surface area contributed by atoms with Gasteiger partial charge >= 0.3 is 0 Å². The molecule has 1 heterocycles. The third-order valence-electron chi connectivity index (χ3n) is 4.89. The molecule has 1 aliphatic heterocycles. The lowest BCUT2D eigenvalue weighted by molar-refractivity contribution is 0.194. The predicted molar refractivity (Wildman–Crippen MR) is 102 cm³/mol. The van der Waals surface area contributed by atoms with Crippen LogP contribution >= 0.6 is 0 Å². The van der Waals surface area contributed by atoms with Crippen LogP contribution in [0.2, 0.25) is 0 Å². The van der Waals surface area contributed by atoms with Crippen LogP contribution < -0.4 is 5.32 Å². The van der Waals surface area contributed by atoms with E-state index in [1.807, 2.05) is 7.05 Å². The summed E-state index contributed by atoms with van der Waals surface area (Å²) in [5.41, 5.74) is 1.27. The highest BCUT2D eigenvalue weighted by atomic mass is 15.3. The van der Waals surface area contributed by atoms with Crippen molar-refractivity contribution < 1.29 is 0 Å². The molecule has 1 saturated heterocycles. The van der Waals surface area contributed by atoms with Gasteiger partial charge in [0.1, 0.15) is 0 Å². The lowest BCUT2D eigenvalue weighted by Crippen LogP contribution is -2.52. The standard InChI is InChI=1S/C20H30N4/c1-21-20(22-12-11-19-9-10-19)24-16-14-23(15-17-24)13-5-8-18-6-3-2-4-7-18/h2-8,19H,9-17H2,1H3,(H,21,22)/b8-5+. The molecule has 0 radical (unpaired) electrons. The topological polar surface area (TPSA) is 30.9 Å². The van der Waals surface area contributed by atoms with Crippen LogP contribution in [0.5, 0.6) is 0 Å². The van der Waals surface area contributed by atoms with E-state index >= 15 is 0 Å². The van der Waals surface area contributed by atoms with Gasteiger partial charge in [0.25, 0.3) is 0 Å². The fraction of sp³-hybridized carbons (Fsp3) is 0.550. The van der Waals surface area contributed by atoms with E-state index in [1.54, 1.807) is 0 Å². The highest BCUT2D eigenvalue weighted by Crippen LogP contribution is 2.31. The van der Waals surface area contributed by atoms with E-state index in [9.17, 15) is 0 Å². The lowest BCUT2D eigenvalue weighted by atomic mass is 10.2. The second-order valence-corrected chi connectivity index (χ2v) is 6.81. The van der Waals surface area contributed by atoms with E-state index in [4.69, 9.17) is 0 Å². The van der Waals surface area contributed by atoms with E-state index in [-0.39, 0.29) is 0 Å². The molecule has 0 atom stereocenters. The van der Waals surface area contributed by atoms with Gasteiger partial charge in [0.2, 0.25) is 0 Å². The van der Waals surface area contributed by atoms with Crippen molar-refractivity contribution in [3.63, 3.8) is 0 Å². The zero-order valence-electron chi connectivity index (χ0n) is 14.8. The SMILES string of the molecule is CN=C(NCCC1CC1)N1CCN(C/C=C/c2ccccc2)CC1. The van der Waals surface area contributed by atoms with Crippen molar-refractivity contribution in [2.45, 2.75) is 19.3 Å². The van der Waals surface area contributed by atoms with Gasteiger partial charge in [-0.15, -0.1) is 0 Å². The van der Waals surface area contributed by atoms with Crippen LogP contribution in [0.25, 0.3) is 6.08 Å². The van der Waals surface area contributed by atoms with Crippen LogP contribution in [0.4, 0.5) is 0 Å². The van der Waals surface area contributed by atoms with Gasteiger partial charge in [-0.05, 0) is 17.9 Å². The van der Waals surface area contributed by atoms with E-state index in [2.05, 4.69) is 62.6 Å². The molecular weight excluding hydrogens is 296 g/mol. The average Bonchev–Trinajstić information content (AvgIpc) is 3.45. The van der Waals surface area contributed by atoms with Crippen molar-refractivity contribution in [2.75, 3.05) is 46.3 Å². The van der Waals surface area contributed by atoms with Crippen molar-refractivity contribution in [1.82, 2.24) is 15.1 Å². The summed E-state index contributed by atoms with van der Waals surface area (Å²) in [6.07, 6.45) is 8.63. The number of hydrogen-bond donors (Lipinski definition) is 1. The molecule has 1 N–H and O–H groups in total. The Morgan fingerprint density at radius 3 is 2.58 bits per heavy atom. The van der Waals surface area contributed by atoms with Crippen LogP contribution in [0.3, 0.4) is 0 Å². The molecule has 24 heavy (non-hydrogen) atoms. The molecule has 1 aliphatic carbocycles. The van der Waals surface area contributed by atoms with Crippen molar-refractivity contribution >= 4 is 12.0 Å². The zero-order valence-corrected chi connectivity index (χ0v) is 14.8. The third-order valence-corrected chi connectivity index (χ3v) is 4.89. The van der Waals surface area contributed by atoms with Crippen molar-refractivity contribution in [1.29, 1.82) is 0 Å². The summed E-state index contributed by atoms with van der Waals surface area (Å²) in [6, 6.07) is 10.5. The Balaban J connectivity index is 1.37. The van der Waals surface area contributed by atoms with Gasteiger partial charge in [-0.1, -0.05) is 55.3 Å². The molecule has 0 unspecified atom stereocenters. The van der Waals surface area contributed by atoms with Crippen LogP contribution in [-0.4, -0.2) is 62.1 Å². The molecule has 0 spiro atoms. The van der Waals surface area contributed by atoms with Crippen molar-refractivity contribution in [2.24, 2.45) is 10.9 Å². The highest BCUT2D eigenvalue weighted by molar-refractivity contribution is 5.80. The van der Waals surface area contributed by atoms with E-state index in [0.717, 1.165) is 51.1 Å². The predicted octanol–water partition coefficient (Wildman–Crippen LogP) is 2.69. The third kappa shape index (κ3) is 5.38. The normalized spacial score (nSPS) is 19.9. The smallest absolute Gasteiger partial charge is 0.193 e. The Morgan fingerprint density at radius 1 is 1.17 bits per heavy atom. The van der Waals surface area contributed by atoms with Gasteiger partial charge in [-0.2, -0.15) is 0 Å². The molecule has 130 valence electrons. The number of guanidine groups is 1. The molecule has 4 heteroatoms. The van der Waals surface area contributed by atoms with E-state index < -0.39 is 0 Å². The van der Waals surface area contributed by atoms with Gasteiger partial charge in [-0.25, -0.2) is 0 Å². The summed E-state index contributed by atoms with van der Waals surface area (Å²) < 4.78 is 0. The number of benzene rings is 1. The monoisotopic (exact) mass is 326 g/mol. The van der Waals surface area contributed by atoms with Gasteiger partial charge < -0.3 is 10.2 Å². The first-order valence-electron chi connectivity index (χ1n) is 9.24. The molecule has 2 aliphatic rings. The first-order valence-corrected chi connectivity index (χ1v) is 9.24. The quantitative estimate of drug-likeness (QED) is 0.644. The number of rotatable bonds is 6. The van der Waals surface area contributed by atoms with E-state index in [0.29, 0.717) is 0 Å². The number of aliphatic imine (C=N–C) groups is 1. The Bertz CT molecular complexity index is 540. The minimum atomic E-state index is 0.976. The second-order valence-electron chi connectivity index (χ2n) is 6.81. The lowest BCUT2D eigenvalue weighted by Gasteiger charge is -2.36. The summed E-state index contributed by atoms with van der Waals surface area (Å²) in [4.78, 5) is 9.36. The number of hydrogen-bond acceptors (Lipinski definition) is 2. The number of piperazine rings is 1. The van der Waals surface area contributed by atoms with Gasteiger partial charge in [0.15, 0.2) is 5.96 Å². The molecule has 1 aromatic carbocycles. The summed E-state index contributed by atoms with van der Waals surface area (Å²) in [6.45, 7) is 6.41. The van der Waals surface area contributed by atoms with Crippen LogP contribution in [-0.2, 0) is 0 Å². The molecule has 0 aromatic heterocycles. The van der Waals surface area contributed by atoms with Crippen molar-refractivity contribution in [3.8, 4) is 0 Å². The minimum Gasteiger partial charge on any atom is -0.356 e. The molecular formula is C20H30N4. The van der Waals surface area contributed by atoms with Crippen LogP contribution in [0, 0.1) is 5.92 Å². The molecule has 0 amide bonds. The van der Waals surface area contributed by atoms with E-state index in [1.165, 1.54) is 24.8 Å². The second kappa shape index (κ2) is 8.88. The highest BCUT2D eigenvalue weighted by Gasteiger charge is 2.22. The maximum atomic E-state index is 4.45. The van der Waals surface area contributed by atoms with Gasteiger partial charge in [0, 0.05) is 46.3 Å². The first-order chi connectivity index (χ1) is 11.8. The average molecular weight is 326 g/mol. The van der Waals surface area contributed by atoms with Crippen LogP contribution in [0.15, 0.2) is 41.4 Å². The maximum Gasteiger partial charge on any atom is 0.193 e. The van der Waals surface area contributed by atoms with Crippen LogP contribution in [0.1, 0.15) is 24.8 Å². The Hall–Kier alpha value is -1.81. The summed E-state index contributed by atoms with van der Waals surface area (Å²) in [5, 5.41) is 3.53. The Labute approximate surface area is 146 Å². The largest absolute Gasteiger partial charge is 0.356 e. The molecule has 4 nitrogen and oxygen atoms in total. The summed E-state index contributed by atoms with van der Waals surface area (Å²) >= 11 is 0. The molecule has 0 bridgehead atoms. The fourth-order valence-corrected chi connectivity index (χ4v) is 3.17. The Morgan fingerprint density at radius 2 is 1.92 bits per heavy atom. The minimum absolute atomic E-state index is 0.976. The summed E-state index contributed by atoms with van der Waals surface area (Å²) in [7, 11) is 1.90. The molecule has 2 fully saturated rings. The molecule has 1 aromatic rings. The first kappa shape index (κ1) is 17.0. The number of nitrogens with one attached hydrogen (secondary N) is 1. The van der Waals surface area contributed by atoms with Gasteiger partial charge in [-0.3, -0.25) is 9.89 Å². The molecule has 1 saturated carbocycles. The van der Waals surface area contributed by atoms with Crippen molar-refractivity contribution in [3.05, 3.63) is 42.0 Å². The fourth-order valence-electron chi connectivity index (χ4n) is 3.17. The molecule has 3 rings (SSSR count). The Kier molecular flexibility index (Phi) is 6.30. The maximum absolute atomic E-state index is 4.45. The van der Waals surface area contributed by atoms with Gasteiger partial charge in [0.05, 0.1) is 0 Å². The zero-order chi connectivity index (χ0) is 16.6.